The van der Waals surface area contributed by atoms with Gasteiger partial charge in [-0.2, -0.15) is 5.26 Å². The van der Waals surface area contributed by atoms with Gasteiger partial charge < -0.3 is 10.4 Å². The van der Waals surface area contributed by atoms with Gasteiger partial charge in [0.1, 0.15) is 17.7 Å². The van der Waals surface area contributed by atoms with Gasteiger partial charge in [0.2, 0.25) is 0 Å². The average Bonchev–Trinajstić information content (AvgIpc) is 2.47. The Kier molecular flexibility index (Phi) is 4.28. The molecule has 2 N–H and O–H groups in total. The van der Waals surface area contributed by atoms with Crippen molar-refractivity contribution in [3.63, 3.8) is 0 Å². The highest BCUT2D eigenvalue weighted by Crippen LogP contribution is 2.20. The summed E-state index contributed by atoms with van der Waals surface area (Å²) in [6.07, 6.45) is -1.21. The number of hydrogen-bond donors (Lipinski definition) is 2. The molecular weight excluding hydrogens is 262 g/mol. The summed E-state index contributed by atoms with van der Waals surface area (Å²) >= 11 is 0. The van der Waals surface area contributed by atoms with E-state index in [0.717, 1.165) is 18.2 Å². The van der Waals surface area contributed by atoms with Crippen molar-refractivity contribution in [1.29, 1.82) is 5.26 Å². The second-order valence-electron chi connectivity index (χ2n) is 4.22. The van der Waals surface area contributed by atoms with Crippen LogP contribution in [0.2, 0.25) is 0 Å². The fourth-order valence-electron chi connectivity index (χ4n) is 1.82. The number of anilines is 1. The maximum atomic E-state index is 13.5. The maximum Gasteiger partial charge on any atom is 0.129 e. The topological polar surface area (TPSA) is 56.0 Å². The first-order valence-corrected chi connectivity index (χ1v) is 5.98. The minimum atomic E-state index is -1.21. The number of nitrogens with one attached hydrogen (secondary N) is 1. The maximum absolute atomic E-state index is 13.5. The Hall–Kier alpha value is -2.45. The van der Waals surface area contributed by atoms with E-state index in [0.29, 0.717) is 11.3 Å². The zero-order chi connectivity index (χ0) is 14.5. The monoisotopic (exact) mass is 274 g/mol. The van der Waals surface area contributed by atoms with Crippen LogP contribution in [0.25, 0.3) is 0 Å². The molecule has 0 fully saturated rings. The van der Waals surface area contributed by atoms with E-state index >= 15 is 0 Å². The highest BCUT2D eigenvalue weighted by Gasteiger charge is 2.14. The largest absolute Gasteiger partial charge is 0.386 e. The fourth-order valence-corrected chi connectivity index (χ4v) is 1.82. The smallest absolute Gasteiger partial charge is 0.129 e. The lowest BCUT2D eigenvalue weighted by Gasteiger charge is -2.14. The predicted octanol–water partition coefficient (Wildman–Crippen LogP) is 2.98. The molecule has 2 aromatic carbocycles. The van der Waals surface area contributed by atoms with E-state index in [2.05, 4.69) is 5.32 Å². The summed E-state index contributed by atoms with van der Waals surface area (Å²) in [4.78, 5) is 0. The third-order valence-corrected chi connectivity index (χ3v) is 2.85. The van der Waals surface area contributed by atoms with Gasteiger partial charge in [0.25, 0.3) is 0 Å². The van der Waals surface area contributed by atoms with Crippen molar-refractivity contribution in [1.82, 2.24) is 0 Å². The summed E-state index contributed by atoms with van der Waals surface area (Å²) in [5.74, 6) is -1.29. The summed E-state index contributed by atoms with van der Waals surface area (Å²) in [5, 5.41) is 21.7. The van der Waals surface area contributed by atoms with Gasteiger partial charge in [-0.1, -0.05) is 12.1 Å². The van der Waals surface area contributed by atoms with Gasteiger partial charge in [0.15, 0.2) is 0 Å². The van der Waals surface area contributed by atoms with Crippen LogP contribution in [0, 0.1) is 23.0 Å². The molecule has 0 radical (unpaired) electrons. The van der Waals surface area contributed by atoms with Crippen LogP contribution in [0.1, 0.15) is 17.2 Å². The molecular formula is C15H12F2N2O. The van der Waals surface area contributed by atoms with Crippen LogP contribution in [0.5, 0.6) is 0 Å². The number of nitriles is 1. The van der Waals surface area contributed by atoms with Crippen molar-refractivity contribution in [3.8, 4) is 6.07 Å². The number of aliphatic hydroxyl groups excluding tert-OH is 1. The third kappa shape index (κ3) is 3.11. The van der Waals surface area contributed by atoms with Crippen molar-refractivity contribution in [3.05, 3.63) is 65.2 Å². The Bertz CT molecular complexity index is 653. The Morgan fingerprint density at radius 3 is 2.70 bits per heavy atom. The Morgan fingerprint density at radius 1 is 1.20 bits per heavy atom. The molecule has 3 nitrogen and oxygen atoms in total. The predicted molar refractivity (Wildman–Crippen MR) is 71.0 cm³/mol. The van der Waals surface area contributed by atoms with Crippen molar-refractivity contribution in [2.24, 2.45) is 0 Å². The van der Waals surface area contributed by atoms with Gasteiger partial charge in [0.05, 0.1) is 17.4 Å². The number of para-hydroxylation sites is 1. The Morgan fingerprint density at radius 2 is 1.95 bits per heavy atom. The lowest BCUT2D eigenvalue weighted by molar-refractivity contribution is 0.186. The minimum absolute atomic E-state index is 0.0287. The summed E-state index contributed by atoms with van der Waals surface area (Å²) < 4.78 is 26.5. The number of nitrogens with zero attached hydrogens (tertiary/aromatic N) is 1. The molecule has 0 spiro atoms. The molecule has 0 saturated carbocycles. The zero-order valence-electron chi connectivity index (χ0n) is 10.5. The van der Waals surface area contributed by atoms with Crippen LogP contribution in [-0.4, -0.2) is 11.7 Å². The molecule has 0 saturated heterocycles. The Labute approximate surface area is 115 Å². The fraction of sp³-hybridized carbons (Fsp3) is 0.133. The quantitative estimate of drug-likeness (QED) is 0.901. The summed E-state index contributed by atoms with van der Waals surface area (Å²) in [6.45, 7) is -0.0287. The second kappa shape index (κ2) is 6.13. The molecule has 0 aliphatic rings. The number of rotatable bonds is 4. The molecule has 0 aliphatic heterocycles. The second-order valence-corrected chi connectivity index (χ2v) is 4.22. The first-order chi connectivity index (χ1) is 9.61. The van der Waals surface area contributed by atoms with E-state index in [9.17, 15) is 13.9 Å². The van der Waals surface area contributed by atoms with Crippen LogP contribution in [0.15, 0.2) is 42.5 Å². The standard InChI is InChI=1S/C15H12F2N2O/c16-11-5-6-13(17)12(7-11)15(20)9-19-14-4-2-1-3-10(14)8-18/h1-7,15,19-20H,9H2. The molecule has 20 heavy (non-hydrogen) atoms. The van der Waals surface area contributed by atoms with E-state index in [1.54, 1.807) is 24.3 Å². The summed E-state index contributed by atoms with van der Waals surface area (Å²) in [7, 11) is 0. The minimum Gasteiger partial charge on any atom is -0.386 e. The van der Waals surface area contributed by atoms with Crippen LogP contribution < -0.4 is 5.32 Å². The van der Waals surface area contributed by atoms with Gasteiger partial charge >= 0.3 is 0 Å². The highest BCUT2D eigenvalue weighted by molar-refractivity contribution is 5.57. The molecule has 0 amide bonds. The number of halogens is 2. The first-order valence-electron chi connectivity index (χ1n) is 5.98. The van der Waals surface area contributed by atoms with Gasteiger partial charge in [0, 0.05) is 12.1 Å². The van der Waals surface area contributed by atoms with E-state index in [4.69, 9.17) is 5.26 Å². The van der Waals surface area contributed by atoms with Crippen LogP contribution in [0.4, 0.5) is 14.5 Å². The summed E-state index contributed by atoms with van der Waals surface area (Å²) in [6, 6.07) is 11.7. The van der Waals surface area contributed by atoms with Gasteiger partial charge in [-0.05, 0) is 30.3 Å². The Balaban J connectivity index is 2.11. The van der Waals surface area contributed by atoms with E-state index in [1.165, 1.54) is 0 Å². The SMILES string of the molecule is N#Cc1ccccc1NCC(O)c1cc(F)ccc1F. The molecule has 1 atom stereocenters. The molecule has 102 valence electrons. The lowest BCUT2D eigenvalue weighted by Crippen LogP contribution is -2.14. The van der Waals surface area contributed by atoms with Gasteiger partial charge in [-0.3, -0.25) is 0 Å². The molecule has 0 heterocycles. The van der Waals surface area contributed by atoms with Crippen molar-refractivity contribution < 1.29 is 13.9 Å². The number of hydrogen-bond acceptors (Lipinski definition) is 3. The molecule has 5 heteroatoms. The van der Waals surface area contributed by atoms with Gasteiger partial charge in [-0.15, -0.1) is 0 Å². The van der Waals surface area contributed by atoms with Crippen molar-refractivity contribution in [2.45, 2.75) is 6.10 Å². The van der Waals surface area contributed by atoms with E-state index in [-0.39, 0.29) is 12.1 Å². The first kappa shape index (κ1) is 14.0. The van der Waals surface area contributed by atoms with Crippen LogP contribution >= 0.6 is 0 Å². The highest BCUT2D eigenvalue weighted by atomic mass is 19.1. The van der Waals surface area contributed by atoms with Crippen molar-refractivity contribution in [2.75, 3.05) is 11.9 Å². The third-order valence-electron chi connectivity index (χ3n) is 2.85. The molecule has 2 rings (SSSR count). The number of aliphatic hydroxyl groups is 1. The molecule has 2 aromatic rings. The van der Waals surface area contributed by atoms with Crippen LogP contribution in [0.3, 0.4) is 0 Å². The molecule has 0 bridgehead atoms. The molecule has 0 aromatic heterocycles. The molecule has 0 aliphatic carbocycles. The summed E-state index contributed by atoms with van der Waals surface area (Å²) in [5.41, 5.74) is 0.831. The molecule has 1 unspecified atom stereocenters. The van der Waals surface area contributed by atoms with E-state index in [1.807, 2.05) is 6.07 Å². The lowest BCUT2D eigenvalue weighted by atomic mass is 10.1. The number of benzene rings is 2. The normalized spacial score (nSPS) is 11.7. The average molecular weight is 274 g/mol. The van der Waals surface area contributed by atoms with Crippen molar-refractivity contribution >= 4 is 5.69 Å². The van der Waals surface area contributed by atoms with E-state index < -0.39 is 17.7 Å². The zero-order valence-corrected chi connectivity index (χ0v) is 10.5. The van der Waals surface area contributed by atoms with Crippen LogP contribution in [-0.2, 0) is 0 Å². The van der Waals surface area contributed by atoms with Gasteiger partial charge in [-0.25, -0.2) is 8.78 Å².